The molecular formula is C15H24N6O3. The van der Waals surface area contributed by atoms with Crippen LogP contribution in [0.15, 0.2) is 0 Å². The minimum atomic E-state index is -0.114. The molecule has 3 heterocycles. The Kier molecular flexibility index (Phi) is 4.96. The molecule has 0 aromatic carbocycles. The monoisotopic (exact) mass is 336 g/mol. The van der Waals surface area contributed by atoms with Gasteiger partial charge in [-0.05, 0) is 37.1 Å². The van der Waals surface area contributed by atoms with Crippen LogP contribution in [-0.2, 0) is 14.3 Å². The summed E-state index contributed by atoms with van der Waals surface area (Å²) in [5.41, 5.74) is 0. The number of carbonyl (C=O) groups is 2. The molecule has 1 aromatic heterocycles. The number of tetrazole rings is 1. The molecule has 2 fully saturated rings. The molecule has 1 amide bonds. The summed E-state index contributed by atoms with van der Waals surface area (Å²) in [6.07, 6.45) is 1.90. The number of carbonyl (C=O) groups excluding carboxylic acids is 2. The summed E-state index contributed by atoms with van der Waals surface area (Å²) < 4.78 is 6.86. The zero-order chi connectivity index (χ0) is 17.1. The number of hydrogen-bond donors (Lipinski definition) is 0. The Morgan fingerprint density at radius 2 is 2.04 bits per heavy atom. The fourth-order valence-electron chi connectivity index (χ4n) is 3.43. The molecule has 0 bridgehead atoms. The second kappa shape index (κ2) is 7.14. The van der Waals surface area contributed by atoms with Crippen molar-refractivity contribution in [2.24, 2.45) is 5.92 Å². The highest BCUT2D eigenvalue weighted by Crippen LogP contribution is 2.28. The molecular weight excluding hydrogens is 312 g/mol. The van der Waals surface area contributed by atoms with Crippen LogP contribution in [0.2, 0.25) is 0 Å². The van der Waals surface area contributed by atoms with E-state index in [0.717, 1.165) is 12.8 Å². The van der Waals surface area contributed by atoms with E-state index in [1.165, 1.54) is 0 Å². The van der Waals surface area contributed by atoms with Gasteiger partial charge in [0.15, 0.2) is 0 Å². The van der Waals surface area contributed by atoms with Crippen LogP contribution in [0, 0.1) is 5.92 Å². The Bertz CT molecular complexity index is 596. The smallest absolute Gasteiger partial charge is 0.309 e. The maximum Gasteiger partial charge on any atom is 0.309 e. The fourth-order valence-corrected chi connectivity index (χ4v) is 3.43. The number of likely N-dealkylation sites (tertiary alicyclic amines) is 1. The molecule has 9 nitrogen and oxygen atoms in total. The highest BCUT2D eigenvalue weighted by Gasteiger charge is 2.34. The van der Waals surface area contributed by atoms with Crippen molar-refractivity contribution >= 4 is 17.8 Å². The molecule has 0 radical (unpaired) electrons. The first-order valence-electron chi connectivity index (χ1n) is 8.61. The molecule has 132 valence electrons. The number of piperidine rings is 1. The van der Waals surface area contributed by atoms with Crippen LogP contribution in [0.25, 0.3) is 0 Å². The van der Waals surface area contributed by atoms with E-state index < -0.39 is 0 Å². The van der Waals surface area contributed by atoms with Crippen molar-refractivity contribution in [2.75, 3.05) is 37.7 Å². The molecule has 2 saturated heterocycles. The van der Waals surface area contributed by atoms with E-state index in [1.807, 2.05) is 18.7 Å². The van der Waals surface area contributed by atoms with Gasteiger partial charge in [-0.2, -0.15) is 0 Å². The summed E-state index contributed by atoms with van der Waals surface area (Å²) in [7, 11) is 0. The number of likely N-dealkylation sites (N-methyl/N-ethyl adjacent to an activating group) is 1. The second-order valence-corrected chi connectivity index (χ2v) is 6.23. The van der Waals surface area contributed by atoms with Crippen molar-refractivity contribution in [3.05, 3.63) is 0 Å². The third-order valence-electron chi connectivity index (χ3n) is 4.79. The van der Waals surface area contributed by atoms with Crippen molar-refractivity contribution < 1.29 is 14.3 Å². The average Bonchev–Trinajstić information content (AvgIpc) is 3.21. The molecule has 0 spiro atoms. The number of anilines is 1. The lowest BCUT2D eigenvalue weighted by atomic mass is 9.97. The van der Waals surface area contributed by atoms with Gasteiger partial charge in [-0.1, -0.05) is 5.10 Å². The maximum atomic E-state index is 12.0. The molecule has 0 aliphatic carbocycles. The van der Waals surface area contributed by atoms with Crippen molar-refractivity contribution in [1.29, 1.82) is 0 Å². The van der Waals surface area contributed by atoms with E-state index in [4.69, 9.17) is 4.74 Å². The third-order valence-corrected chi connectivity index (χ3v) is 4.79. The van der Waals surface area contributed by atoms with Gasteiger partial charge in [0.25, 0.3) is 0 Å². The van der Waals surface area contributed by atoms with Gasteiger partial charge in [-0.15, -0.1) is 0 Å². The van der Waals surface area contributed by atoms with E-state index >= 15 is 0 Å². The summed E-state index contributed by atoms with van der Waals surface area (Å²) in [6, 6.07) is -0.0229. The molecule has 1 unspecified atom stereocenters. The van der Waals surface area contributed by atoms with Crippen molar-refractivity contribution in [3.63, 3.8) is 0 Å². The molecule has 3 rings (SSSR count). The number of aromatic nitrogens is 4. The van der Waals surface area contributed by atoms with Crippen LogP contribution in [0.5, 0.6) is 0 Å². The molecule has 9 heteroatoms. The Morgan fingerprint density at radius 3 is 2.67 bits per heavy atom. The van der Waals surface area contributed by atoms with E-state index in [-0.39, 0.29) is 23.8 Å². The zero-order valence-electron chi connectivity index (χ0n) is 14.2. The number of hydrogen-bond acceptors (Lipinski definition) is 7. The average molecular weight is 336 g/mol. The number of ether oxygens (including phenoxy) is 1. The summed E-state index contributed by atoms with van der Waals surface area (Å²) in [6.45, 7) is 6.99. The largest absolute Gasteiger partial charge is 0.466 e. The summed E-state index contributed by atoms with van der Waals surface area (Å²) >= 11 is 0. The first-order chi connectivity index (χ1) is 11.6. The van der Waals surface area contributed by atoms with Gasteiger partial charge in [0.05, 0.1) is 25.0 Å². The molecule has 24 heavy (non-hydrogen) atoms. The Morgan fingerprint density at radius 1 is 1.29 bits per heavy atom. The number of esters is 1. The predicted octanol–water partition coefficient (Wildman–Crippen LogP) is 0.246. The molecule has 2 aliphatic heterocycles. The Balaban J connectivity index is 1.65. The summed E-state index contributed by atoms with van der Waals surface area (Å²) in [4.78, 5) is 27.7. The van der Waals surface area contributed by atoms with Gasteiger partial charge < -0.3 is 14.5 Å². The lowest BCUT2D eigenvalue weighted by molar-refractivity contribution is -0.148. The van der Waals surface area contributed by atoms with Crippen LogP contribution in [0.1, 0.15) is 39.2 Å². The first kappa shape index (κ1) is 16.7. The minimum absolute atomic E-state index is 0.0229. The van der Waals surface area contributed by atoms with Crippen LogP contribution >= 0.6 is 0 Å². The van der Waals surface area contributed by atoms with Crippen molar-refractivity contribution in [3.8, 4) is 0 Å². The molecule has 1 aromatic rings. The van der Waals surface area contributed by atoms with E-state index in [0.29, 0.717) is 45.2 Å². The highest BCUT2D eigenvalue weighted by molar-refractivity contribution is 5.79. The molecule has 2 aliphatic rings. The van der Waals surface area contributed by atoms with E-state index in [1.54, 1.807) is 4.68 Å². The molecule has 1 atom stereocenters. The van der Waals surface area contributed by atoms with Gasteiger partial charge in [0.2, 0.25) is 11.9 Å². The lowest BCUT2D eigenvalue weighted by Crippen LogP contribution is -2.39. The van der Waals surface area contributed by atoms with Gasteiger partial charge in [-0.3, -0.25) is 9.59 Å². The normalized spacial score (nSPS) is 22.2. The van der Waals surface area contributed by atoms with Gasteiger partial charge in [-0.25, -0.2) is 4.68 Å². The minimum Gasteiger partial charge on any atom is -0.466 e. The highest BCUT2D eigenvalue weighted by atomic mass is 16.5. The summed E-state index contributed by atoms with van der Waals surface area (Å²) in [5, 5.41) is 12.1. The van der Waals surface area contributed by atoms with Crippen molar-refractivity contribution in [2.45, 2.75) is 39.2 Å². The third kappa shape index (κ3) is 3.20. The second-order valence-electron chi connectivity index (χ2n) is 6.23. The maximum absolute atomic E-state index is 12.0. The van der Waals surface area contributed by atoms with Gasteiger partial charge in [0, 0.05) is 26.2 Å². The van der Waals surface area contributed by atoms with Crippen LogP contribution in [0.3, 0.4) is 0 Å². The van der Waals surface area contributed by atoms with Gasteiger partial charge >= 0.3 is 5.97 Å². The van der Waals surface area contributed by atoms with Crippen LogP contribution in [0.4, 0.5) is 5.95 Å². The lowest BCUT2D eigenvalue weighted by Gasteiger charge is -2.31. The van der Waals surface area contributed by atoms with Crippen molar-refractivity contribution in [1.82, 2.24) is 25.1 Å². The SMILES string of the molecule is CCOC(=O)C1CCN(c2nnnn2C2CC(=O)N(CC)C2)CC1. The summed E-state index contributed by atoms with van der Waals surface area (Å²) in [5.74, 6) is 0.670. The van der Waals surface area contributed by atoms with Crippen LogP contribution in [-0.4, -0.2) is 69.8 Å². The number of rotatable bonds is 5. The quantitative estimate of drug-likeness (QED) is 0.711. The van der Waals surface area contributed by atoms with Crippen LogP contribution < -0.4 is 4.90 Å². The van der Waals surface area contributed by atoms with Gasteiger partial charge in [0.1, 0.15) is 0 Å². The Labute approximate surface area is 140 Å². The predicted molar refractivity (Wildman–Crippen MR) is 85.3 cm³/mol. The molecule has 0 N–H and O–H groups in total. The topological polar surface area (TPSA) is 93.5 Å². The zero-order valence-corrected chi connectivity index (χ0v) is 14.2. The number of nitrogens with zero attached hydrogens (tertiary/aromatic N) is 6. The number of amides is 1. The van der Waals surface area contributed by atoms with E-state index in [9.17, 15) is 9.59 Å². The first-order valence-corrected chi connectivity index (χ1v) is 8.61. The Hall–Kier alpha value is -2.19. The standard InChI is InChI=1S/C15H24N6O3/c1-3-19-10-12(9-13(19)22)21-15(16-17-18-21)20-7-5-11(6-8-20)14(23)24-4-2/h11-12H,3-10H2,1-2H3. The fraction of sp³-hybridized carbons (Fsp3) is 0.800. The molecule has 0 saturated carbocycles. The van der Waals surface area contributed by atoms with E-state index in [2.05, 4.69) is 20.4 Å².